The highest BCUT2D eigenvalue weighted by atomic mass is 16.3. The van der Waals surface area contributed by atoms with Crippen molar-refractivity contribution in [1.82, 2.24) is 58.5 Å². The first-order chi connectivity index (χ1) is 38.7. The summed E-state index contributed by atoms with van der Waals surface area (Å²) in [6.07, 6.45) is -0.760. The molecule has 0 radical (unpaired) electrons. The number of rotatable bonds is 29. The summed E-state index contributed by atoms with van der Waals surface area (Å²) >= 11 is 0. The molecule has 1 aliphatic heterocycles. The largest absolute Gasteiger partial charge is 0.391 e. The second kappa shape index (κ2) is 39.4. The lowest BCUT2D eigenvalue weighted by Gasteiger charge is -2.29. The fourth-order valence-electron chi connectivity index (χ4n) is 8.76. The van der Waals surface area contributed by atoms with Crippen LogP contribution < -0.4 is 87.2 Å². The first-order valence-electron chi connectivity index (χ1n) is 28.8. The molecule has 0 saturated carbocycles. The van der Waals surface area contributed by atoms with Gasteiger partial charge in [0.25, 0.3) is 0 Å². The summed E-state index contributed by atoms with van der Waals surface area (Å²) in [5, 5.41) is 49.5. The Kier molecular flexibility index (Phi) is 35.5. The maximum absolute atomic E-state index is 14.4. The Morgan fingerprint density at radius 1 is 0.524 bits per heavy atom. The Labute approximate surface area is 482 Å². The molecule has 0 aliphatic carbocycles. The number of hydrogen-bond donors (Lipinski definition) is 18. The van der Waals surface area contributed by atoms with Crippen LogP contribution >= 0.6 is 0 Å². The number of aliphatic hydroxyl groups excluding tert-OH is 2. The van der Waals surface area contributed by atoms with Gasteiger partial charge in [0.2, 0.25) is 65.0 Å². The van der Waals surface area contributed by atoms with E-state index in [9.17, 15) is 63.0 Å². The lowest BCUT2D eigenvalue weighted by atomic mass is 9.99. The van der Waals surface area contributed by atoms with Crippen LogP contribution in [-0.2, 0) is 52.7 Å². The van der Waals surface area contributed by atoms with Crippen LogP contribution in [0.4, 0.5) is 0 Å². The van der Waals surface area contributed by atoms with Gasteiger partial charge in [-0.25, -0.2) is 0 Å². The molecule has 1 fully saturated rings. The molecule has 0 bridgehead atoms. The quantitative estimate of drug-likeness (QED) is 0.0311. The minimum absolute atomic E-state index is 0.0131. The van der Waals surface area contributed by atoms with Crippen molar-refractivity contribution in [3.05, 3.63) is 0 Å². The zero-order valence-corrected chi connectivity index (χ0v) is 49.4. The monoisotopic (exact) mass is 1170 g/mol. The number of carbonyl (C=O) groups excluding carboxylic acids is 11. The van der Waals surface area contributed by atoms with Crippen molar-refractivity contribution in [3.63, 3.8) is 0 Å². The molecular weight excluding hydrogens is 1070 g/mol. The Bertz CT molecular complexity index is 2070. The summed E-state index contributed by atoms with van der Waals surface area (Å²) in [4.78, 5) is 153. The van der Waals surface area contributed by atoms with E-state index in [1.54, 1.807) is 27.7 Å². The topological polar surface area (TPSA) is 491 Å². The Hall–Kier alpha value is -6.11. The average molecular weight is 1170 g/mol. The third kappa shape index (κ3) is 27.3. The molecular formula is C53H100N16O13. The normalized spacial score (nSPS) is 23.4. The number of nitrogens with two attached hydrogens (primary N) is 5. The second-order valence-corrected chi connectivity index (χ2v) is 22.0. The van der Waals surface area contributed by atoms with E-state index in [2.05, 4.69) is 72.3 Å². The van der Waals surface area contributed by atoms with E-state index in [1.807, 2.05) is 0 Å². The van der Waals surface area contributed by atoms with Gasteiger partial charge in [-0.1, -0.05) is 60.8 Å². The van der Waals surface area contributed by atoms with Crippen molar-refractivity contribution >= 4 is 65.0 Å². The van der Waals surface area contributed by atoms with Crippen LogP contribution in [0.5, 0.6) is 0 Å². The van der Waals surface area contributed by atoms with Gasteiger partial charge >= 0.3 is 0 Å². The van der Waals surface area contributed by atoms with Gasteiger partial charge in [0.15, 0.2) is 0 Å². The summed E-state index contributed by atoms with van der Waals surface area (Å²) in [5.41, 5.74) is 29.2. The number of hydrogen-bond acceptors (Lipinski definition) is 18. The van der Waals surface area contributed by atoms with Gasteiger partial charge < -0.3 is 97.4 Å². The van der Waals surface area contributed by atoms with Crippen LogP contribution in [0, 0.1) is 17.8 Å². The molecule has 11 amide bonds. The standard InChI is InChI=1S/C53H100N16O13/c1-9-30(6)12-10-11-13-41(72)60-33(14-20-54)48(77)69-43(32(8)71)53(82)65-36(17-23-57)45(74)64-38-19-25-59-52(81)42(31(7)70)68-49(78)37(18-24-58)62-44(73)34(15-21-55)63-50(79)39(26-28(2)3)67-51(80)40(27-29(4)5)66-46(75)35(16-22-56)61-47(38)76/h28-40,42-43,70-71H,9-27,54-58H2,1-8H3,(H,59,81)(H,60,72)(H,61,76)(H,62,73)(H,63,79)(H,64,74)(H,65,82)(H,66,75)(H,67,80)(H,68,78)(H,69,77)/t30?,31-,32-,33+,34+,35+,36+,37+,38+,39+,40-,42-,43+/m1/s1. The smallest absolute Gasteiger partial charge is 0.245 e. The first kappa shape index (κ1) is 73.9. The summed E-state index contributed by atoms with van der Waals surface area (Å²) in [6.45, 7) is 12.6. The van der Waals surface area contributed by atoms with E-state index in [0.29, 0.717) is 12.3 Å². The molecule has 1 heterocycles. The fourth-order valence-corrected chi connectivity index (χ4v) is 8.76. The van der Waals surface area contributed by atoms with Crippen molar-refractivity contribution in [2.75, 3.05) is 39.3 Å². The molecule has 0 aromatic carbocycles. The van der Waals surface area contributed by atoms with Crippen LogP contribution in [0.1, 0.15) is 139 Å². The van der Waals surface area contributed by atoms with Crippen LogP contribution in [0.15, 0.2) is 0 Å². The Morgan fingerprint density at radius 2 is 0.963 bits per heavy atom. The van der Waals surface area contributed by atoms with Gasteiger partial charge in [0.1, 0.15) is 60.4 Å². The molecule has 1 aliphatic rings. The SMILES string of the molecule is CCC(C)CCCCC(=O)N[C@@H](CCN)C(=O)N[C@H](C(=O)N[C@@H](CCN)C(=O)N[C@H]1CCNC(=O)[C@@H]([C@@H](C)O)NC(=O)[C@H](CCN)NC(=O)[C@H](CCN)NC(=O)[C@H](CC(C)C)NC(=O)[C@@H](CC(C)C)NC(=O)[C@H](CCN)NC1=O)[C@@H](C)O. The third-order valence-electron chi connectivity index (χ3n) is 13.7. The number of amides is 11. The minimum atomic E-state index is -1.69. The van der Waals surface area contributed by atoms with E-state index in [0.717, 1.165) is 19.3 Å². The predicted octanol–water partition coefficient (Wildman–Crippen LogP) is -5.44. The molecule has 470 valence electrons. The van der Waals surface area contributed by atoms with Gasteiger partial charge in [-0.3, -0.25) is 52.7 Å². The zero-order chi connectivity index (χ0) is 62.2. The van der Waals surface area contributed by atoms with Gasteiger partial charge in [-0.15, -0.1) is 0 Å². The van der Waals surface area contributed by atoms with Gasteiger partial charge in [-0.05, 0) is 122 Å². The Morgan fingerprint density at radius 3 is 1.39 bits per heavy atom. The van der Waals surface area contributed by atoms with Crippen LogP contribution in [-0.4, -0.2) is 187 Å². The van der Waals surface area contributed by atoms with E-state index < -0.39 is 151 Å². The minimum Gasteiger partial charge on any atom is -0.391 e. The first-order valence-corrected chi connectivity index (χ1v) is 28.8. The van der Waals surface area contributed by atoms with Crippen molar-refractivity contribution in [2.24, 2.45) is 46.4 Å². The van der Waals surface area contributed by atoms with Crippen LogP contribution in [0.25, 0.3) is 0 Å². The second-order valence-electron chi connectivity index (χ2n) is 22.0. The fraction of sp³-hybridized carbons (Fsp3) is 0.792. The molecule has 0 spiro atoms. The zero-order valence-electron chi connectivity index (χ0n) is 49.4. The average Bonchev–Trinajstić information content (AvgIpc) is 3.41. The highest BCUT2D eigenvalue weighted by molar-refractivity contribution is 5.99. The highest BCUT2D eigenvalue weighted by Crippen LogP contribution is 2.14. The van der Waals surface area contributed by atoms with Gasteiger partial charge in [0.05, 0.1) is 12.2 Å². The molecule has 13 atom stereocenters. The maximum atomic E-state index is 14.4. The lowest BCUT2D eigenvalue weighted by Crippen LogP contribution is -2.62. The number of nitrogens with one attached hydrogen (secondary N) is 11. The van der Waals surface area contributed by atoms with E-state index >= 15 is 0 Å². The lowest BCUT2D eigenvalue weighted by molar-refractivity contribution is -0.137. The van der Waals surface area contributed by atoms with Crippen molar-refractivity contribution in [2.45, 2.75) is 211 Å². The molecule has 0 aromatic rings. The number of carbonyl (C=O) groups is 11. The van der Waals surface area contributed by atoms with E-state index in [1.165, 1.54) is 13.8 Å². The molecule has 1 saturated heterocycles. The van der Waals surface area contributed by atoms with Crippen LogP contribution in [0.3, 0.4) is 0 Å². The summed E-state index contributed by atoms with van der Waals surface area (Å²) in [5.74, 6) is -9.49. The van der Waals surface area contributed by atoms with Crippen molar-refractivity contribution < 1.29 is 63.0 Å². The van der Waals surface area contributed by atoms with Crippen molar-refractivity contribution in [3.8, 4) is 0 Å². The summed E-state index contributed by atoms with van der Waals surface area (Å²) in [6, 6.07) is -14.5. The molecule has 0 aromatic heterocycles. The number of aliphatic hydroxyl groups is 2. The molecule has 29 nitrogen and oxygen atoms in total. The Balaban J connectivity index is 3.81. The van der Waals surface area contributed by atoms with Crippen LogP contribution in [0.2, 0.25) is 0 Å². The molecule has 1 rings (SSSR count). The third-order valence-corrected chi connectivity index (χ3v) is 13.7. The summed E-state index contributed by atoms with van der Waals surface area (Å²) < 4.78 is 0. The predicted molar refractivity (Wildman–Crippen MR) is 305 cm³/mol. The molecule has 29 heteroatoms. The highest BCUT2D eigenvalue weighted by Gasteiger charge is 2.37. The molecule has 23 N–H and O–H groups in total. The van der Waals surface area contributed by atoms with Crippen molar-refractivity contribution in [1.29, 1.82) is 0 Å². The van der Waals surface area contributed by atoms with E-state index in [-0.39, 0.29) is 95.9 Å². The number of unbranched alkanes of at least 4 members (excludes halogenated alkanes) is 1. The summed E-state index contributed by atoms with van der Waals surface area (Å²) in [7, 11) is 0. The van der Waals surface area contributed by atoms with Gasteiger partial charge in [0, 0.05) is 13.0 Å². The van der Waals surface area contributed by atoms with E-state index in [4.69, 9.17) is 28.7 Å². The molecule has 82 heavy (non-hydrogen) atoms. The molecule has 1 unspecified atom stereocenters. The maximum Gasteiger partial charge on any atom is 0.245 e. The van der Waals surface area contributed by atoms with Gasteiger partial charge in [-0.2, -0.15) is 0 Å².